The first-order valence-electron chi connectivity index (χ1n) is 19.9. The van der Waals surface area contributed by atoms with Gasteiger partial charge in [-0.1, -0.05) is 223 Å². The van der Waals surface area contributed by atoms with Gasteiger partial charge < -0.3 is 0 Å². The van der Waals surface area contributed by atoms with E-state index in [0.29, 0.717) is 0 Å². The molecule has 0 N–H and O–H groups in total. The van der Waals surface area contributed by atoms with Crippen molar-refractivity contribution in [1.82, 2.24) is 0 Å². The molecule has 0 aliphatic carbocycles. The molecule has 0 nitrogen and oxygen atoms in total. The third kappa shape index (κ3) is 7.51. The van der Waals surface area contributed by atoms with E-state index in [-0.39, 0.29) is 0 Å². The third-order valence-electron chi connectivity index (χ3n) is 11.4. The number of allylic oxidation sites excluding steroid dienone is 8. The molecule has 270 valence electrons. The van der Waals surface area contributed by atoms with Gasteiger partial charge in [-0.15, -0.1) is 0 Å². The van der Waals surface area contributed by atoms with Crippen LogP contribution in [0, 0.1) is 0 Å². The Morgan fingerprint density at radius 2 is 0.741 bits per heavy atom. The van der Waals surface area contributed by atoms with Crippen LogP contribution in [-0.2, 0) is 0 Å². The molecule has 2 heteroatoms. The van der Waals surface area contributed by atoms with Crippen LogP contribution >= 0.6 is 0 Å². The Bertz CT molecular complexity index is 2110. The van der Waals surface area contributed by atoms with Gasteiger partial charge >= 0.3 is 0 Å². The van der Waals surface area contributed by atoms with Crippen molar-refractivity contribution in [3.05, 3.63) is 213 Å². The summed E-state index contributed by atoms with van der Waals surface area (Å²) in [5, 5.41) is 6.21. The molecule has 0 spiro atoms. The number of benzene rings is 5. The van der Waals surface area contributed by atoms with Crippen LogP contribution in [0.2, 0.25) is 26.2 Å². The zero-order valence-corrected chi connectivity index (χ0v) is 35.0. The van der Waals surface area contributed by atoms with E-state index >= 15 is 0 Å². The Morgan fingerprint density at radius 3 is 1.04 bits per heavy atom. The SMILES string of the molecule is CCCC(=C\c1ccc(/C=C(CCC)/C(=C2\C=C(c3ccccc3)[Si]2(C)C)c2ccccc2)cc1)/C(=C1\C=C(c2ccccc2)[Si]1(C)C)c1ccccc1. The van der Waals surface area contributed by atoms with Crippen LogP contribution in [0.1, 0.15) is 72.9 Å². The quantitative estimate of drug-likeness (QED) is 0.112. The van der Waals surface area contributed by atoms with Crippen molar-refractivity contribution in [3.63, 3.8) is 0 Å². The molecular formula is C52H54Si2. The molecule has 0 fully saturated rings. The standard InChI is InChI=1S/C52H54Si2/c1-7-21-45(51(43-27-17-11-18-28-43)49-37-47(53(49,3)4)41-23-13-9-14-24-41)35-39-31-33-40(34-32-39)36-46(22-8-2)52(44-29-19-12-20-30-44)50-38-48(54(50,5)6)42-25-15-10-16-26-42/h9-20,23-38H,7-8,21-22H2,1-6H3/b45-35+,46-36+,51-49+,52-50+. The van der Waals surface area contributed by atoms with Gasteiger partial charge in [-0.2, -0.15) is 0 Å². The van der Waals surface area contributed by atoms with E-state index in [2.05, 4.69) is 210 Å². The largest absolute Gasteiger partial charge is 0.113 e. The minimum absolute atomic E-state index is 1.04. The van der Waals surface area contributed by atoms with Crippen LogP contribution < -0.4 is 0 Å². The van der Waals surface area contributed by atoms with Crippen LogP contribution in [-0.4, -0.2) is 16.1 Å². The van der Waals surface area contributed by atoms with Crippen molar-refractivity contribution in [2.75, 3.05) is 0 Å². The number of hydrogen-bond donors (Lipinski definition) is 0. The highest BCUT2D eigenvalue weighted by atomic mass is 28.3. The zero-order valence-electron chi connectivity index (χ0n) is 33.0. The Hall–Kier alpha value is -5.03. The molecule has 0 saturated heterocycles. The highest BCUT2D eigenvalue weighted by Crippen LogP contribution is 2.49. The summed E-state index contributed by atoms with van der Waals surface area (Å²) in [6.07, 6.45) is 14.2. The lowest BCUT2D eigenvalue weighted by molar-refractivity contribution is 0.934. The Labute approximate surface area is 326 Å². The van der Waals surface area contributed by atoms with E-state index in [9.17, 15) is 0 Å². The fourth-order valence-corrected chi connectivity index (χ4v) is 14.2. The summed E-state index contributed by atoms with van der Waals surface area (Å²) >= 11 is 0. The molecule has 5 aromatic rings. The smallest absolute Gasteiger partial charge is 0.0651 e. The normalized spacial score (nSPS) is 18.2. The van der Waals surface area contributed by atoms with Gasteiger partial charge in [0.15, 0.2) is 0 Å². The van der Waals surface area contributed by atoms with Crippen LogP contribution in [0.25, 0.3) is 33.7 Å². The summed E-state index contributed by atoms with van der Waals surface area (Å²) in [6.45, 7) is 14.7. The summed E-state index contributed by atoms with van der Waals surface area (Å²) in [7, 11) is -3.67. The second-order valence-electron chi connectivity index (χ2n) is 15.9. The van der Waals surface area contributed by atoms with E-state index in [0.717, 1.165) is 25.7 Å². The maximum absolute atomic E-state index is 2.52. The first-order valence-corrected chi connectivity index (χ1v) is 25.9. The van der Waals surface area contributed by atoms with E-state index in [4.69, 9.17) is 0 Å². The van der Waals surface area contributed by atoms with Gasteiger partial charge in [0.05, 0.1) is 0 Å². The molecule has 0 bridgehead atoms. The molecule has 5 aromatic carbocycles. The molecule has 0 atom stereocenters. The summed E-state index contributed by atoms with van der Waals surface area (Å²) in [5.41, 5.74) is 13.7. The van der Waals surface area contributed by atoms with E-state index in [1.54, 1.807) is 20.8 Å². The van der Waals surface area contributed by atoms with E-state index in [1.807, 2.05) is 0 Å². The number of hydrogen-bond acceptors (Lipinski definition) is 0. The predicted octanol–water partition coefficient (Wildman–Crippen LogP) is 14.7. The van der Waals surface area contributed by atoms with Crippen molar-refractivity contribution >= 4 is 49.8 Å². The van der Waals surface area contributed by atoms with Crippen LogP contribution in [0.5, 0.6) is 0 Å². The molecular weight excluding hydrogens is 681 g/mol. The van der Waals surface area contributed by atoms with Gasteiger partial charge in [0.1, 0.15) is 16.1 Å². The summed E-state index contributed by atoms with van der Waals surface area (Å²) in [5.74, 6) is 0. The second-order valence-corrected chi connectivity index (χ2v) is 24.6. The fraction of sp³-hybridized carbons (Fsp3) is 0.192. The minimum atomic E-state index is -1.83. The van der Waals surface area contributed by atoms with Gasteiger partial charge in [-0.25, -0.2) is 0 Å². The second kappa shape index (κ2) is 16.1. The van der Waals surface area contributed by atoms with Gasteiger partial charge in [0.25, 0.3) is 0 Å². The predicted molar refractivity (Wildman–Crippen MR) is 243 cm³/mol. The van der Waals surface area contributed by atoms with Crippen LogP contribution in [0.15, 0.2) is 179 Å². The zero-order chi connectivity index (χ0) is 37.7. The van der Waals surface area contributed by atoms with Crippen molar-refractivity contribution < 1.29 is 0 Å². The molecule has 0 radical (unpaired) electrons. The molecule has 2 aliphatic rings. The average molecular weight is 735 g/mol. The maximum atomic E-state index is 2.52. The van der Waals surface area contributed by atoms with Gasteiger partial charge in [0.2, 0.25) is 0 Å². The highest BCUT2D eigenvalue weighted by Gasteiger charge is 2.42. The molecule has 2 aliphatic heterocycles. The summed E-state index contributed by atoms with van der Waals surface area (Å²) in [4.78, 5) is 0. The molecule has 7 rings (SSSR count). The van der Waals surface area contributed by atoms with Crippen molar-refractivity contribution in [1.29, 1.82) is 0 Å². The summed E-state index contributed by atoms with van der Waals surface area (Å²) in [6, 6.07) is 53.6. The van der Waals surface area contributed by atoms with Crippen LogP contribution in [0.3, 0.4) is 0 Å². The lowest BCUT2D eigenvalue weighted by Crippen LogP contribution is -2.39. The van der Waals surface area contributed by atoms with Crippen molar-refractivity contribution in [3.8, 4) is 0 Å². The molecule has 0 amide bonds. The third-order valence-corrected chi connectivity index (χ3v) is 18.4. The van der Waals surface area contributed by atoms with E-state index < -0.39 is 16.1 Å². The topological polar surface area (TPSA) is 0 Å². The Kier molecular flexibility index (Phi) is 11.2. The van der Waals surface area contributed by atoms with Gasteiger partial charge in [-0.3, -0.25) is 0 Å². The van der Waals surface area contributed by atoms with Crippen molar-refractivity contribution in [2.24, 2.45) is 0 Å². The van der Waals surface area contributed by atoms with Crippen LogP contribution in [0.4, 0.5) is 0 Å². The number of rotatable bonds is 12. The molecule has 54 heavy (non-hydrogen) atoms. The molecule has 0 saturated carbocycles. The molecule has 0 unspecified atom stereocenters. The van der Waals surface area contributed by atoms with Gasteiger partial charge in [-0.05, 0) is 89.3 Å². The lowest BCUT2D eigenvalue weighted by atomic mass is 9.91. The first-order chi connectivity index (χ1) is 26.2. The highest BCUT2D eigenvalue weighted by molar-refractivity contribution is 7.06. The van der Waals surface area contributed by atoms with Gasteiger partial charge in [0, 0.05) is 0 Å². The van der Waals surface area contributed by atoms with Crippen molar-refractivity contribution in [2.45, 2.75) is 65.7 Å². The Balaban J connectivity index is 1.29. The molecule has 0 aromatic heterocycles. The fourth-order valence-electron chi connectivity index (χ4n) is 8.44. The first kappa shape index (κ1) is 37.3. The average Bonchev–Trinajstić information content (AvgIpc) is 3.19. The monoisotopic (exact) mass is 734 g/mol. The summed E-state index contributed by atoms with van der Waals surface area (Å²) < 4.78 is 0. The lowest BCUT2D eigenvalue weighted by Gasteiger charge is -2.40. The maximum Gasteiger partial charge on any atom is 0.113 e. The van der Waals surface area contributed by atoms with E-state index in [1.165, 1.54) is 55.7 Å². The Morgan fingerprint density at radius 1 is 0.426 bits per heavy atom. The minimum Gasteiger partial charge on any atom is -0.0651 e. The molecule has 2 heterocycles.